The molecular weight excluding hydrogens is 370 g/mol. The van der Waals surface area contributed by atoms with E-state index in [9.17, 15) is 9.59 Å². The number of benzene rings is 2. The number of para-hydroxylation sites is 1. The highest BCUT2D eigenvalue weighted by Crippen LogP contribution is 2.42. The summed E-state index contributed by atoms with van der Waals surface area (Å²) in [6.07, 6.45) is 3.06. The van der Waals surface area contributed by atoms with Crippen LogP contribution >= 0.6 is 0 Å². The molecule has 0 atom stereocenters. The summed E-state index contributed by atoms with van der Waals surface area (Å²) in [4.78, 5) is 23.3. The molecule has 0 aliphatic carbocycles. The van der Waals surface area contributed by atoms with E-state index in [1.807, 2.05) is 50.3 Å². The number of methoxy groups -OCH3 is 1. The summed E-state index contributed by atoms with van der Waals surface area (Å²) in [5.41, 5.74) is 5.62. The number of carbonyl (C=O) groups is 2. The molecule has 152 valence electrons. The van der Waals surface area contributed by atoms with Crippen LogP contribution in [0.5, 0.6) is 5.75 Å². The summed E-state index contributed by atoms with van der Waals surface area (Å²) in [6.45, 7) is 4.07. The Morgan fingerprint density at radius 2 is 2.00 bits per heavy atom. The minimum absolute atomic E-state index is 0.0874. The average molecular weight is 395 g/mol. The molecule has 0 aromatic heterocycles. The number of allylic oxidation sites excluding steroid dienone is 2. The molecule has 1 aliphatic rings. The van der Waals surface area contributed by atoms with Crippen LogP contribution in [-0.4, -0.2) is 24.2 Å². The minimum atomic E-state index is -0.821. The molecule has 1 heterocycles. The largest absolute Gasteiger partial charge is 0.496 e. The highest BCUT2D eigenvalue weighted by Gasteiger charge is 2.32. The molecule has 0 saturated carbocycles. The Morgan fingerprint density at radius 1 is 1.28 bits per heavy atom. The van der Waals surface area contributed by atoms with E-state index in [1.54, 1.807) is 7.11 Å². The van der Waals surface area contributed by atoms with Gasteiger partial charge in [0.1, 0.15) is 12.4 Å². The van der Waals surface area contributed by atoms with Crippen molar-refractivity contribution in [2.75, 3.05) is 12.4 Å². The summed E-state index contributed by atoms with van der Waals surface area (Å²) >= 11 is 0. The zero-order chi connectivity index (χ0) is 21.0. The van der Waals surface area contributed by atoms with Crippen molar-refractivity contribution in [3.63, 3.8) is 0 Å². The molecule has 0 radical (unpaired) electrons. The first-order valence-corrected chi connectivity index (χ1v) is 9.51. The molecule has 0 spiro atoms. The topological polar surface area (TPSA) is 84.9 Å². The quantitative estimate of drug-likeness (QED) is 0.495. The number of carbonyl (C=O) groups excluding carboxylic acids is 1. The lowest BCUT2D eigenvalue weighted by molar-refractivity contribution is -0.136. The van der Waals surface area contributed by atoms with E-state index in [2.05, 4.69) is 5.32 Å². The van der Waals surface area contributed by atoms with Gasteiger partial charge in [-0.1, -0.05) is 29.8 Å². The number of aliphatic carboxylic acids is 1. The Bertz CT molecular complexity index is 963. The van der Waals surface area contributed by atoms with Crippen LogP contribution in [0.2, 0.25) is 0 Å². The number of esters is 1. The Balaban J connectivity index is 2.08. The van der Waals surface area contributed by atoms with E-state index < -0.39 is 5.97 Å². The number of hydrogen-bond acceptors (Lipinski definition) is 5. The van der Waals surface area contributed by atoms with E-state index in [1.165, 1.54) is 0 Å². The molecule has 3 rings (SSSR count). The maximum absolute atomic E-state index is 12.5. The van der Waals surface area contributed by atoms with E-state index >= 15 is 0 Å². The van der Waals surface area contributed by atoms with Crippen molar-refractivity contribution in [1.82, 2.24) is 0 Å². The summed E-state index contributed by atoms with van der Waals surface area (Å²) in [5, 5.41) is 12.3. The summed E-state index contributed by atoms with van der Waals surface area (Å²) < 4.78 is 11.0. The Kier molecular flexibility index (Phi) is 6.22. The Labute approximate surface area is 170 Å². The van der Waals surface area contributed by atoms with Crippen LogP contribution in [0.15, 0.2) is 42.0 Å². The average Bonchev–Trinajstić information content (AvgIpc) is 3.10. The van der Waals surface area contributed by atoms with Gasteiger partial charge in [-0.15, -0.1) is 0 Å². The van der Waals surface area contributed by atoms with Crippen molar-refractivity contribution in [3.05, 3.63) is 64.2 Å². The van der Waals surface area contributed by atoms with Crippen molar-refractivity contribution < 1.29 is 24.2 Å². The molecule has 0 amide bonds. The normalized spacial score (nSPS) is 13.1. The van der Waals surface area contributed by atoms with Gasteiger partial charge in [-0.2, -0.15) is 0 Å². The van der Waals surface area contributed by atoms with Crippen LogP contribution in [0.1, 0.15) is 46.8 Å². The lowest BCUT2D eigenvalue weighted by Gasteiger charge is -2.20. The molecule has 0 saturated heterocycles. The number of fused-ring (bicyclic) bond motifs is 1. The van der Waals surface area contributed by atoms with Gasteiger partial charge in [0.25, 0.3) is 0 Å². The van der Waals surface area contributed by atoms with Crippen LogP contribution in [0, 0.1) is 6.92 Å². The second kappa shape index (κ2) is 8.82. The maximum atomic E-state index is 12.5. The number of cyclic esters (lactones) is 1. The van der Waals surface area contributed by atoms with Crippen molar-refractivity contribution in [2.24, 2.45) is 0 Å². The predicted molar refractivity (Wildman–Crippen MR) is 111 cm³/mol. The summed E-state index contributed by atoms with van der Waals surface area (Å²) in [5.74, 6) is -0.460. The molecule has 1 aliphatic heterocycles. The van der Waals surface area contributed by atoms with Gasteiger partial charge in [0.2, 0.25) is 0 Å². The van der Waals surface area contributed by atoms with E-state index in [0.717, 1.165) is 28.0 Å². The number of ether oxygens (including phenoxy) is 2. The van der Waals surface area contributed by atoms with E-state index in [0.29, 0.717) is 29.8 Å². The monoisotopic (exact) mass is 395 g/mol. The molecular formula is C23H25NO5. The molecule has 2 aromatic carbocycles. The molecule has 0 bridgehead atoms. The third-order valence-corrected chi connectivity index (χ3v) is 5.11. The lowest BCUT2D eigenvalue weighted by Crippen LogP contribution is -2.08. The number of hydrogen-bond donors (Lipinski definition) is 2. The lowest BCUT2D eigenvalue weighted by atomic mass is 9.93. The van der Waals surface area contributed by atoms with Crippen molar-refractivity contribution in [3.8, 4) is 5.75 Å². The summed E-state index contributed by atoms with van der Waals surface area (Å²) in [7, 11) is 1.61. The van der Waals surface area contributed by atoms with Gasteiger partial charge in [0.05, 0.1) is 18.4 Å². The smallest absolute Gasteiger partial charge is 0.341 e. The van der Waals surface area contributed by atoms with Gasteiger partial charge in [-0.3, -0.25) is 4.79 Å². The molecule has 29 heavy (non-hydrogen) atoms. The molecule has 2 aromatic rings. The molecule has 6 heteroatoms. The molecule has 2 N–H and O–H groups in total. The van der Waals surface area contributed by atoms with Gasteiger partial charge < -0.3 is 19.9 Å². The van der Waals surface area contributed by atoms with Gasteiger partial charge in [-0.25, -0.2) is 4.79 Å². The highest BCUT2D eigenvalue weighted by atomic mass is 16.5. The molecule has 0 fully saturated rings. The van der Waals surface area contributed by atoms with Crippen molar-refractivity contribution >= 4 is 23.3 Å². The fraction of sp³-hybridized carbons (Fsp3) is 0.304. The second-order valence-corrected chi connectivity index (χ2v) is 7.08. The predicted octanol–water partition coefficient (Wildman–Crippen LogP) is 4.77. The first-order valence-electron chi connectivity index (χ1n) is 9.51. The Hall–Kier alpha value is -3.28. The fourth-order valence-corrected chi connectivity index (χ4v) is 3.54. The summed E-state index contributed by atoms with van der Waals surface area (Å²) in [6, 6.07) is 9.62. The van der Waals surface area contributed by atoms with Crippen LogP contribution in [-0.2, 0) is 22.6 Å². The zero-order valence-electron chi connectivity index (χ0n) is 16.9. The van der Waals surface area contributed by atoms with Crippen LogP contribution < -0.4 is 10.1 Å². The van der Waals surface area contributed by atoms with Gasteiger partial charge in [-0.05, 0) is 44.4 Å². The standard InChI is InChI=1S/C23H25NO5/c1-14(10-12-19(25)26)9-11-17-21(24-16-7-5-4-6-8-16)20-18(13-29-23(20)27)15(2)22(17)28-3/h4-9,24H,10-13H2,1-3H3,(H,25,26)/b14-9+. The van der Waals surface area contributed by atoms with E-state index in [-0.39, 0.29) is 19.0 Å². The number of anilines is 2. The van der Waals surface area contributed by atoms with Crippen LogP contribution in [0.3, 0.4) is 0 Å². The SMILES string of the molecule is COc1c(C)c2c(c(Nc3ccccc3)c1C/C=C(\C)CCC(=O)O)C(=O)OC2. The third kappa shape index (κ3) is 4.42. The van der Waals surface area contributed by atoms with Gasteiger partial charge in [0.15, 0.2) is 0 Å². The van der Waals surface area contributed by atoms with E-state index in [4.69, 9.17) is 14.6 Å². The first kappa shape index (κ1) is 20.5. The zero-order valence-corrected chi connectivity index (χ0v) is 16.9. The fourth-order valence-electron chi connectivity index (χ4n) is 3.54. The number of carboxylic acid groups (broad SMARTS) is 1. The Morgan fingerprint density at radius 3 is 2.66 bits per heavy atom. The second-order valence-electron chi connectivity index (χ2n) is 7.08. The number of rotatable bonds is 8. The van der Waals surface area contributed by atoms with Crippen molar-refractivity contribution in [2.45, 2.75) is 39.7 Å². The molecule has 6 nitrogen and oxygen atoms in total. The van der Waals surface area contributed by atoms with Gasteiger partial charge in [0, 0.05) is 23.2 Å². The van der Waals surface area contributed by atoms with Crippen molar-refractivity contribution in [1.29, 1.82) is 0 Å². The van der Waals surface area contributed by atoms with Gasteiger partial charge >= 0.3 is 11.9 Å². The maximum Gasteiger partial charge on any atom is 0.341 e. The highest BCUT2D eigenvalue weighted by molar-refractivity contribution is 6.02. The minimum Gasteiger partial charge on any atom is -0.496 e. The molecule has 0 unspecified atom stereocenters. The first-order chi connectivity index (χ1) is 13.9. The number of carboxylic acids is 1. The van der Waals surface area contributed by atoms with Crippen LogP contribution in [0.4, 0.5) is 11.4 Å². The third-order valence-electron chi connectivity index (χ3n) is 5.11. The number of nitrogens with one attached hydrogen (secondary N) is 1. The van der Waals surface area contributed by atoms with Crippen LogP contribution in [0.25, 0.3) is 0 Å².